The summed E-state index contributed by atoms with van der Waals surface area (Å²) in [6.45, 7) is 13.5. The Morgan fingerprint density at radius 2 is 1.60 bits per heavy atom. The van der Waals surface area contributed by atoms with Gasteiger partial charge in [0.2, 0.25) is 5.91 Å². The molecule has 0 bridgehead atoms. The second-order valence-corrected chi connectivity index (χ2v) is 8.56. The van der Waals surface area contributed by atoms with Crippen LogP contribution in [-0.4, -0.2) is 18.2 Å². The van der Waals surface area contributed by atoms with E-state index in [1.54, 1.807) is 0 Å². The lowest BCUT2D eigenvalue weighted by Crippen LogP contribution is -2.57. The number of fused-ring (bicyclic) bond motifs is 5. The van der Waals surface area contributed by atoms with Crippen LogP contribution in [0.3, 0.4) is 0 Å². The van der Waals surface area contributed by atoms with E-state index < -0.39 is 0 Å². The highest BCUT2D eigenvalue weighted by Gasteiger charge is 2.60. The fourth-order valence-electron chi connectivity index (χ4n) is 6.56. The molecule has 1 heterocycles. The second kappa shape index (κ2) is 7.80. The molecule has 1 N–H and O–H groups in total. The Hall–Kier alpha value is -0.860. The molecule has 0 aromatic rings. The van der Waals surface area contributed by atoms with Crippen molar-refractivity contribution < 1.29 is 9.59 Å². The third kappa shape index (κ3) is 3.17. The van der Waals surface area contributed by atoms with E-state index >= 15 is 0 Å². The maximum absolute atomic E-state index is 12.4. The van der Waals surface area contributed by atoms with E-state index in [2.05, 4.69) is 19.2 Å². The first-order valence-corrected chi connectivity index (χ1v) is 10.7. The van der Waals surface area contributed by atoms with Crippen molar-refractivity contribution in [3.63, 3.8) is 0 Å². The monoisotopic (exact) mass is 349 g/mol. The van der Waals surface area contributed by atoms with E-state index in [0.29, 0.717) is 35.9 Å². The summed E-state index contributed by atoms with van der Waals surface area (Å²) in [5.41, 5.74) is 0.138. The van der Waals surface area contributed by atoms with Crippen molar-refractivity contribution in [1.82, 2.24) is 5.32 Å². The zero-order chi connectivity index (χ0) is 18.8. The van der Waals surface area contributed by atoms with Crippen LogP contribution in [0.1, 0.15) is 86.5 Å². The van der Waals surface area contributed by atoms with Crippen molar-refractivity contribution in [2.45, 2.75) is 86.5 Å². The third-order valence-electron chi connectivity index (χ3n) is 7.86. The fourth-order valence-corrected chi connectivity index (χ4v) is 6.56. The molecule has 3 heteroatoms. The molecule has 1 saturated heterocycles. The number of hydrogen-bond donors (Lipinski definition) is 1. The van der Waals surface area contributed by atoms with Crippen molar-refractivity contribution in [3.05, 3.63) is 0 Å². The van der Waals surface area contributed by atoms with Crippen LogP contribution in [0.25, 0.3) is 0 Å². The first-order valence-electron chi connectivity index (χ1n) is 10.7. The van der Waals surface area contributed by atoms with Gasteiger partial charge >= 0.3 is 0 Å². The Bertz CT molecular complexity index is 502. The quantitative estimate of drug-likeness (QED) is 0.670. The Balaban J connectivity index is 0.000000528. The lowest BCUT2D eigenvalue weighted by atomic mass is 9.46. The van der Waals surface area contributed by atoms with Gasteiger partial charge in [-0.05, 0) is 61.2 Å². The van der Waals surface area contributed by atoms with Crippen LogP contribution in [-0.2, 0) is 9.59 Å². The number of hydrogen-bond acceptors (Lipinski definition) is 2. The lowest BCUT2D eigenvalue weighted by Gasteiger charge is -2.59. The van der Waals surface area contributed by atoms with E-state index in [1.165, 1.54) is 12.8 Å². The van der Waals surface area contributed by atoms with E-state index in [9.17, 15) is 9.59 Å². The summed E-state index contributed by atoms with van der Waals surface area (Å²) in [5, 5.41) is 3.07. The van der Waals surface area contributed by atoms with Gasteiger partial charge in [0.25, 0.3) is 0 Å². The molecule has 25 heavy (non-hydrogen) atoms. The number of Topliss-reactive ketones (excluding diaryl/α,β-unsaturated/α-hetero) is 1. The lowest BCUT2D eigenvalue weighted by molar-refractivity contribution is -0.147. The number of carbonyl (C=O) groups is 2. The summed E-state index contributed by atoms with van der Waals surface area (Å²) < 4.78 is 0. The molecule has 3 aliphatic carbocycles. The molecule has 3 nitrogen and oxygen atoms in total. The van der Waals surface area contributed by atoms with Gasteiger partial charge < -0.3 is 5.32 Å². The zero-order valence-corrected chi connectivity index (χ0v) is 17.3. The van der Waals surface area contributed by atoms with E-state index in [-0.39, 0.29) is 16.7 Å². The molecule has 6 unspecified atom stereocenters. The van der Waals surface area contributed by atoms with Gasteiger partial charge in [0, 0.05) is 24.8 Å². The molecule has 1 aliphatic heterocycles. The Morgan fingerprint density at radius 1 is 0.920 bits per heavy atom. The SMILES string of the molecule is CC.CC.CC12CCC3C(CCC4CNC(=O)CC43C)C1CCC2=O. The highest BCUT2D eigenvalue weighted by molar-refractivity contribution is 5.87. The Labute approximate surface area is 154 Å². The Morgan fingerprint density at radius 3 is 2.28 bits per heavy atom. The van der Waals surface area contributed by atoms with Crippen molar-refractivity contribution in [2.75, 3.05) is 6.54 Å². The standard InChI is InChI=1S/C18H27NO2.2C2H6/c1-17-8-7-14-12(13(17)5-6-15(17)20)4-3-11-10-19-16(21)9-18(11,14)2;2*1-2/h11-14H,3-10H2,1-2H3,(H,19,21);2*1-2H3. The van der Waals surface area contributed by atoms with Crippen LogP contribution in [0.5, 0.6) is 0 Å². The van der Waals surface area contributed by atoms with Crippen molar-refractivity contribution >= 4 is 11.7 Å². The fraction of sp³-hybridized carbons (Fsp3) is 0.909. The molecule has 0 spiro atoms. The first kappa shape index (κ1) is 20.5. The number of nitrogens with one attached hydrogen (secondary N) is 1. The molecule has 144 valence electrons. The predicted molar refractivity (Wildman–Crippen MR) is 103 cm³/mol. The van der Waals surface area contributed by atoms with E-state index in [0.717, 1.165) is 32.2 Å². The molecule has 3 saturated carbocycles. The number of amides is 1. The molecule has 0 aromatic heterocycles. The normalized spacial score (nSPS) is 44.7. The van der Waals surface area contributed by atoms with Crippen LogP contribution >= 0.6 is 0 Å². The van der Waals surface area contributed by atoms with Crippen LogP contribution in [0.4, 0.5) is 0 Å². The van der Waals surface area contributed by atoms with Gasteiger partial charge in [0.15, 0.2) is 0 Å². The minimum absolute atomic E-state index is 0.0404. The molecule has 0 aromatic carbocycles. The predicted octanol–water partition coefficient (Wildman–Crippen LogP) is 4.99. The minimum Gasteiger partial charge on any atom is -0.356 e. The average molecular weight is 350 g/mol. The summed E-state index contributed by atoms with van der Waals surface area (Å²) in [6, 6.07) is 0. The first-order chi connectivity index (χ1) is 11.9. The van der Waals surface area contributed by atoms with Crippen molar-refractivity contribution in [2.24, 2.45) is 34.5 Å². The van der Waals surface area contributed by atoms with Crippen molar-refractivity contribution in [3.8, 4) is 0 Å². The van der Waals surface area contributed by atoms with Gasteiger partial charge in [-0.3, -0.25) is 9.59 Å². The number of piperidine rings is 1. The zero-order valence-electron chi connectivity index (χ0n) is 17.3. The Kier molecular flexibility index (Phi) is 6.38. The molecular formula is C22H39NO2. The highest BCUT2D eigenvalue weighted by atomic mass is 16.1. The maximum Gasteiger partial charge on any atom is 0.220 e. The average Bonchev–Trinajstić information content (AvgIpc) is 2.93. The number of ketones is 1. The summed E-state index contributed by atoms with van der Waals surface area (Å²) in [5.74, 6) is 3.34. The second-order valence-electron chi connectivity index (χ2n) is 8.56. The smallest absolute Gasteiger partial charge is 0.220 e. The van der Waals surface area contributed by atoms with Gasteiger partial charge in [-0.25, -0.2) is 0 Å². The number of rotatable bonds is 0. The molecule has 1 amide bonds. The highest BCUT2D eigenvalue weighted by Crippen LogP contribution is 2.63. The largest absolute Gasteiger partial charge is 0.356 e. The van der Waals surface area contributed by atoms with Crippen LogP contribution in [0.15, 0.2) is 0 Å². The topological polar surface area (TPSA) is 46.2 Å². The van der Waals surface area contributed by atoms with Gasteiger partial charge in [0.1, 0.15) is 5.78 Å². The van der Waals surface area contributed by atoms with Gasteiger partial charge in [-0.15, -0.1) is 0 Å². The molecule has 0 radical (unpaired) electrons. The van der Waals surface area contributed by atoms with Crippen LogP contribution in [0.2, 0.25) is 0 Å². The molecule has 4 fully saturated rings. The summed E-state index contributed by atoms with van der Waals surface area (Å²) in [4.78, 5) is 24.3. The number of carbonyl (C=O) groups excluding carboxylic acids is 2. The van der Waals surface area contributed by atoms with Crippen LogP contribution in [0, 0.1) is 34.5 Å². The minimum atomic E-state index is -0.0404. The van der Waals surface area contributed by atoms with Crippen LogP contribution < -0.4 is 5.32 Å². The maximum atomic E-state index is 12.4. The van der Waals surface area contributed by atoms with E-state index in [1.807, 2.05) is 27.7 Å². The van der Waals surface area contributed by atoms with Crippen molar-refractivity contribution in [1.29, 1.82) is 0 Å². The summed E-state index contributed by atoms with van der Waals surface area (Å²) >= 11 is 0. The van der Waals surface area contributed by atoms with Gasteiger partial charge in [-0.1, -0.05) is 41.5 Å². The van der Waals surface area contributed by atoms with Gasteiger partial charge in [-0.2, -0.15) is 0 Å². The molecule has 4 rings (SSSR count). The molecule has 6 atom stereocenters. The van der Waals surface area contributed by atoms with E-state index in [4.69, 9.17) is 0 Å². The van der Waals surface area contributed by atoms with Gasteiger partial charge in [0.05, 0.1) is 0 Å². The third-order valence-corrected chi connectivity index (χ3v) is 7.86. The summed E-state index contributed by atoms with van der Waals surface area (Å²) in [6.07, 6.45) is 7.32. The summed E-state index contributed by atoms with van der Waals surface area (Å²) in [7, 11) is 0. The molecular weight excluding hydrogens is 310 g/mol. The molecule has 4 aliphatic rings.